The highest BCUT2D eigenvalue weighted by Gasteiger charge is 2.20. The monoisotopic (exact) mass is 363 g/mol. The SMILES string of the molecule is c1ccc(C2=NC(c3ccc4c(c3)oc3c5ccccc5ccc43)NN2)cc1. The maximum Gasteiger partial charge on any atom is 0.144 e. The second-order valence-electron chi connectivity index (χ2n) is 7.04. The van der Waals surface area contributed by atoms with Gasteiger partial charge in [0.1, 0.15) is 23.2 Å². The summed E-state index contributed by atoms with van der Waals surface area (Å²) >= 11 is 0. The molecule has 0 saturated carbocycles. The zero-order chi connectivity index (χ0) is 18.5. The molecule has 0 aliphatic carbocycles. The first-order valence-corrected chi connectivity index (χ1v) is 9.35. The van der Waals surface area contributed by atoms with Crippen LogP contribution in [0.2, 0.25) is 0 Å². The molecule has 1 aromatic heterocycles. The number of hydrogen-bond acceptors (Lipinski definition) is 4. The van der Waals surface area contributed by atoms with Gasteiger partial charge in [-0.15, -0.1) is 0 Å². The molecule has 4 heteroatoms. The first-order chi connectivity index (χ1) is 13.9. The zero-order valence-corrected chi connectivity index (χ0v) is 15.0. The number of furan rings is 1. The van der Waals surface area contributed by atoms with Crippen LogP contribution in [0.4, 0.5) is 0 Å². The van der Waals surface area contributed by atoms with Crippen molar-refractivity contribution < 1.29 is 4.42 Å². The van der Waals surface area contributed by atoms with Crippen molar-refractivity contribution in [3.8, 4) is 0 Å². The maximum absolute atomic E-state index is 6.28. The van der Waals surface area contributed by atoms with Gasteiger partial charge in [0, 0.05) is 21.7 Å². The summed E-state index contributed by atoms with van der Waals surface area (Å²) in [6, 6.07) is 29.1. The first-order valence-electron chi connectivity index (χ1n) is 9.35. The molecule has 134 valence electrons. The van der Waals surface area contributed by atoms with Crippen molar-refractivity contribution in [1.29, 1.82) is 0 Å². The number of benzene rings is 4. The third-order valence-corrected chi connectivity index (χ3v) is 5.34. The van der Waals surface area contributed by atoms with Gasteiger partial charge < -0.3 is 9.84 Å². The number of rotatable bonds is 2. The summed E-state index contributed by atoms with van der Waals surface area (Å²) in [6.45, 7) is 0. The predicted octanol–water partition coefficient (Wildman–Crippen LogP) is 5.29. The summed E-state index contributed by atoms with van der Waals surface area (Å²) in [5.74, 6) is 0.848. The largest absolute Gasteiger partial charge is 0.455 e. The van der Waals surface area contributed by atoms with E-state index in [9.17, 15) is 0 Å². The molecule has 0 bridgehead atoms. The topological polar surface area (TPSA) is 49.6 Å². The van der Waals surface area contributed by atoms with Crippen LogP contribution < -0.4 is 10.9 Å². The van der Waals surface area contributed by atoms with Crippen LogP contribution in [0.3, 0.4) is 0 Å². The molecule has 2 heterocycles. The smallest absolute Gasteiger partial charge is 0.144 e. The van der Waals surface area contributed by atoms with Crippen molar-refractivity contribution in [2.75, 3.05) is 0 Å². The highest BCUT2D eigenvalue weighted by molar-refractivity contribution is 6.15. The molecule has 0 saturated heterocycles. The molecule has 28 heavy (non-hydrogen) atoms. The highest BCUT2D eigenvalue weighted by atomic mass is 16.3. The second-order valence-corrected chi connectivity index (χ2v) is 7.04. The van der Waals surface area contributed by atoms with Gasteiger partial charge in [0.25, 0.3) is 0 Å². The molecular formula is C24H17N3O. The van der Waals surface area contributed by atoms with Crippen LogP contribution in [0.1, 0.15) is 17.3 Å². The fourth-order valence-corrected chi connectivity index (χ4v) is 3.92. The number of fused-ring (bicyclic) bond motifs is 5. The number of amidine groups is 1. The van der Waals surface area contributed by atoms with E-state index < -0.39 is 0 Å². The molecule has 1 unspecified atom stereocenters. The van der Waals surface area contributed by atoms with Crippen molar-refractivity contribution in [2.24, 2.45) is 4.99 Å². The lowest BCUT2D eigenvalue weighted by molar-refractivity contribution is 0.574. The summed E-state index contributed by atoms with van der Waals surface area (Å²) in [4.78, 5) is 4.79. The van der Waals surface area contributed by atoms with Crippen LogP contribution in [-0.4, -0.2) is 5.84 Å². The van der Waals surface area contributed by atoms with Gasteiger partial charge in [0.05, 0.1) is 0 Å². The van der Waals surface area contributed by atoms with Gasteiger partial charge in [-0.25, -0.2) is 10.4 Å². The number of aliphatic imine (C=N–C) groups is 1. The summed E-state index contributed by atoms with van der Waals surface area (Å²) in [7, 11) is 0. The van der Waals surface area contributed by atoms with Crippen molar-refractivity contribution in [3.05, 3.63) is 96.1 Å². The Morgan fingerprint density at radius 3 is 2.50 bits per heavy atom. The van der Waals surface area contributed by atoms with Gasteiger partial charge in [-0.2, -0.15) is 0 Å². The summed E-state index contributed by atoms with van der Waals surface area (Å²) in [5.41, 5.74) is 10.4. The van der Waals surface area contributed by atoms with Gasteiger partial charge in [-0.05, 0) is 23.1 Å². The van der Waals surface area contributed by atoms with Crippen LogP contribution in [-0.2, 0) is 0 Å². The number of hydrogen-bond donors (Lipinski definition) is 2. The molecule has 1 atom stereocenters. The van der Waals surface area contributed by atoms with Crippen LogP contribution in [0.15, 0.2) is 94.3 Å². The second kappa shape index (κ2) is 5.94. The molecule has 0 spiro atoms. The van der Waals surface area contributed by atoms with E-state index in [1.165, 1.54) is 5.39 Å². The molecular weight excluding hydrogens is 346 g/mol. The molecule has 0 fully saturated rings. The quantitative estimate of drug-likeness (QED) is 0.448. The lowest BCUT2D eigenvalue weighted by Gasteiger charge is -2.07. The van der Waals surface area contributed by atoms with E-state index in [-0.39, 0.29) is 6.17 Å². The van der Waals surface area contributed by atoms with Gasteiger partial charge in [0.15, 0.2) is 0 Å². The van der Waals surface area contributed by atoms with E-state index in [0.717, 1.165) is 44.3 Å². The Hall–Kier alpha value is -3.63. The molecule has 2 N–H and O–H groups in total. The Bertz CT molecular complexity index is 1370. The average Bonchev–Trinajstić information content (AvgIpc) is 3.39. The molecule has 4 nitrogen and oxygen atoms in total. The molecule has 5 aromatic rings. The van der Waals surface area contributed by atoms with E-state index in [4.69, 9.17) is 9.41 Å². The number of hydrazine groups is 1. The maximum atomic E-state index is 6.28. The standard InChI is InChI=1S/C24H17N3O/c1-2-7-16(8-3-1)23-25-24(27-26-23)17-11-12-19-20-13-10-15-6-4-5-9-18(15)22(20)28-21(19)14-17/h1-14,24,27H,(H,25,26). The van der Waals surface area contributed by atoms with Crippen LogP contribution in [0.25, 0.3) is 32.7 Å². The van der Waals surface area contributed by atoms with Gasteiger partial charge in [0.2, 0.25) is 0 Å². The van der Waals surface area contributed by atoms with Gasteiger partial charge in [-0.1, -0.05) is 72.8 Å². The molecule has 1 aliphatic rings. The normalized spacial score (nSPS) is 16.6. The molecule has 6 rings (SSSR count). The van der Waals surface area contributed by atoms with Crippen LogP contribution >= 0.6 is 0 Å². The first kappa shape index (κ1) is 15.4. The van der Waals surface area contributed by atoms with Crippen molar-refractivity contribution in [2.45, 2.75) is 6.17 Å². The number of nitrogens with one attached hydrogen (secondary N) is 2. The summed E-state index contributed by atoms with van der Waals surface area (Å²) in [6.07, 6.45) is -0.149. The molecule has 0 amide bonds. The van der Waals surface area contributed by atoms with Crippen molar-refractivity contribution in [3.63, 3.8) is 0 Å². The molecule has 4 aromatic carbocycles. The fraction of sp³-hybridized carbons (Fsp3) is 0.0417. The molecule has 0 radical (unpaired) electrons. The fourth-order valence-electron chi connectivity index (χ4n) is 3.92. The van der Waals surface area contributed by atoms with E-state index in [2.05, 4.69) is 59.4 Å². The average molecular weight is 363 g/mol. The van der Waals surface area contributed by atoms with Crippen molar-refractivity contribution in [1.82, 2.24) is 10.9 Å². The minimum Gasteiger partial charge on any atom is -0.455 e. The van der Waals surface area contributed by atoms with Gasteiger partial charge >= 0.3 is 0 Å². The van der Waals surface area contributed by atoms with Crippen LogP contribution in [0, 0.1) is 0 Å². The lowest BCUT2D eigenvalue weighted by atomic mass is 10.0. The van der Waals surface area contributed by atoms with E-state index in [1.807, 2.05) is 36.4 Å². The Labute approximate surface area is 161 Å². The zero-order valence-electron chi connectivity index (χ0n) is 15.0. The lowest BCUT2D eigenvalue weighted by Crippen LogP contribution is -2.31. The van der Waals surface area contributed by atoms with Crippen LogP contribution in [0.5, 0.6) is 0 Å². The van der Waals surface area contributed by atoms with E-state index >= 15 is 0 Å². The van der Waals surface area contributed by atoms with E-state index in [1.54, 1.807) is 0 Å². The summed E-state index contributed by atoms with van der Waals surface area (Å²) in [5, 5.41) is 4.60. The molecule has 1 aliphatic heterocycles. The Kier molecular flexibility index (Phi) is 3.27. The number of nitrogens with zero attached hydrogens (tertiary/aromatic N) is 1. The third kappa shape index (κ3) is 2.32. The van der Waals surface area contributed by atoms with Crippen molar-refractivity contribution >= 4 is 38.5 Å². The minimum atomic E-state index is -0.149. The minimum absolute atomic E-state index is 0.149. The predicted molar refractivity (Wildman–Crippen MR) is 113 cm³/mol. The Morgan fingerprint density at radius 1 is 0.750 bits per heavy atom. The Morgan fingerprint density at radius 2 is 1.57 bits per heavy atom. The third-order valence-electron chi connectivity index (χ3n) is 5.34. The summed E-state index contributed by atoms with van der Waals surface area (Å²) < 4.78 is 6.28. The highest BCUT2D eigenvalue weighted by Crippen LogP contribution is 2.35. The van der Waals surface area contributed by atoms with Gasteiger partial charge in [-0.3, -0.25) is 0 Å². The Balaban J connectivity index is 1.46. The van der Waals surface area contributed by atoms with E-state index in [0.29, 0.717) is 0 Å².